The van der Waals surface area contributed by atoms with Gasteiger partial charge in [-0.15, -0.1) is 0 Å². The predicted octanol–water partition coefficient (Wildman–Crippen LogP) is 1.99. The van der Waals surface area contributed by atoms with E-state index in [1.54, 1.807) is 13.0 Å². The van der Waals surface area contributed by atoms with Crippen molar-refractivity contribution in [1.29, 1.82) is 5.26 Å². The van der Waals surface area contributed by atoms with Crippen molar-refractivity contribution in [1.82, 2.24) is 5.32 Å². The van der Waals surface area contributed by atoms with Gasteiger partial charge in [-0.25, -0.2) is 0 Å². The lowest BCUT2D eigenvalue weighted by Gasteiger charge is -2.17. The third-order valence-electron chi connectivity index (χ3n) is 1.81. The molecule has 0 aromatic heterocycles. The molecule has 1 amide bonds. The minimum absolute atomic E-state index is 0.293. The summed E-state index contributed by atoms with van der Waals surface area (Å²) in [5.74, 6) is -1.52. The minimum atomic E-state index is -4.30. The van der Waals surface area contributed by atoms with Crippen molar-refractivity contribution in [3.63, 3.8) is 0 Å². The summed E-state index contributed by atoms with van der Waals surface area (Å²) in [7, 11) is 0. The molecule has 0 rings (SSSR count). The Morgan fingerprint density at radius 2 is 2.07 bits per heavy atom. The van der Waals surface area contributed by atoms with Gasteiger partial charge in [0.15, 0.2) is 0 Å². The summed E-state index contributed by atoms with van der Waals surface area (Å²) in [6, 6.07) is 0.726. The first-order valence-electron chi connectivity index (χ1n) is 4.57. The van der Waals surface area contributed by atoms with Gasteiger partial charge in [-0.1, -0.05) is 6.92 Å². The zero-order chi connectivity index (χ0) is 12.1. The predicted molar refractivity (Wildman–Crippen MR) is 47.7 cm³/mol. The van der Waals surface area contributed by atoms with Crippen LogP contribution in [0, 0.1) is 17.2 Å². The molecule has 6 heteroatoms. The summed E-state index contributed by atoms with van der Waals surface area (Å²) in [5.41, 5.74) is 0. The van der Waals surface area contributed by atoms with Gasteiger partial charge in [0.05, 0.1) is 12.5 Å². The largest absolute Gasteiger partial charge is 0.391 e. The number of alkyl halides is 3. The fraction of sp³-hybridized carbons (Fsp3) is 0.778. The van der Waals surface area contributed by atoms with Crippen LogP contribution in [0.1, 0.15) is 26.7 Å². The fourth-order valence-corrected chi connectivity index (χ4v) is 1.08. The molecule has 15 heavy (non-hydrogen) atoms. The van der Waals surface area contributed by atoms with Gasteiger partial charge in [0.25, 0.3) is 0 Å². The minimum Gasteiger partial charge on any atom is -0.352 e. The number of carbonyl (C=O) groups excluding carboxylic acids is 1. The lowest BCUT2D eigenvalue weighted by molar-refractivity contribution is -0.141. The van der Waals surface area contributed by atoms with Gasteiger partial charge in [-0.3, -0.25) is 4.79 Å². The highest BCUT2D eigenvalue weighted by atomic mass is 19.4. The second-order valence-corrected chi connectivity index (χ2v) is 3.32. The number of nitrogens with one attached hydrogen (secondary N) is 1. The van der Waals surface area contributed by atoms with E-state index in [9.17, 15) is 18.0 Å². The van der Waals surface area contributed by atoms with E-state index in [0.717, 1.165) is 0 Å². The molecule has 0 aromatic carbocycles. The maximum atomic E-state index is 11.9. The van der Waals surface area contributed by atoms with E-state index in [1.165, 1.54) is 6.92 Å². The lowest BCUT2D eigenvalue weighted by Crippen LogP contribution is -2.39. The molecule has 86 valence electrons. The molecule has 3 nitrogen and oxygen atoms in total. The Hall–Kier alpha value is -1.25. The molecule has 2 atom stereocenters. The molecule has 0 heterocycles. The highest BCUT2D eigenvalue weighted by Gasteiger charge is 2.31. The quantitative estimate of drug-likeness (QED) is 0.790. The second kappa shape index (κ2) is 5.59. The monoisotopic (exact) mass is 222 g/mol. The number of halogens is 3. The molecule has 0 aliphatic carbocycles. The van der Waals surface area contributed by atoms with Gasteiger partial charge in [-0.05, 0) is 13.3 Å². The summed E-state index contributed by atoms with van der Waals surface area (Å²) < 4.78 is 35.7. The van der Waals surface area contributed by atoms with Gasteiger partial charge in [0, 0.05) is 6.04 Å². The number of amides is 1. The highest BCUT2D eigenvalue weighted by molar-refractivity contribution is 5.81. The molecule has 0 aliphatic rings. The van der Waals surface area contributed by atoms with Gasteiger partial charge in [-0.2, -0.15) is 18.4 Å². The first-order valence-corrected chi connectivity index (χ1v) is 4.57. The zero-order valence-electron chi connectivity index (χ0n) is 8.56. The van der Waals surface area contributed by atoms with Crippen LogP contribution in [-0.2, 0) is 4.79 Å². The third kappa shape index (κ3) is 5.94. The van der Waals surface area contributed by atoms with E-state index >= 15 is 0 Å². The van der Waals surface area contributed by atoms with Crippen LogP contribution in [0.25, 0.3) is 0 Å². The standard InChI is InChI=1S/C9H13F3N2O/c1-3-7(5-13)8(15)14-6(2)4-9(10,11)12/h6-7H,3-4H2,1-2H3,(H,14,15). The third-order valence-corrected chi connectivity index (χ3v) is 1.81. The van der Waals surface area contributed by atoms with Crippen molar-refractivity contribution >= 4 is 5.91 Å². The van der Waals surface area contributed by atoms with Crippen molar-refractivity contribution < 1.29 is 18.0 Å². The van der Waals surface area contributed by atoms with Crippen LogP contribution >= 0.6 is 0 Å². The average molecular weight is 222 g/mol. The van der Waals surface area contributed by atoms with Crippen LogP contribution in [0.4, 0.5) is 13.2 Å². The summed E-state index contributed by atoms with van der Waals surface area (Å²) in [6.07, 6.45) is -5.09. The van der Waals surface area contributed by atoms with E-state index in [0.29, 0.717) is 6.42 Å². The Bertz CT molecular complexity index is 257. The topological polar surface area (TPSA) is 52.9 Å². The number of rotatable bonds is 4. The Labute approximate surface area is 86.3 Å². The highest BCUT2D eigenvalue weighted by Crippen LogP contribution is 2.21. The van der Waals surface area contributed by atoms with Crippen LogP contribution in [0.3, 0.4) is 0 Å². The van der Waals surface area contributed by atoms with E-state index < -0.39 is 30.5 Å². The first kappa shape index (κ1) is 13.8. The Morgan fingerprint density at radius 3 is 2.40 bits per heavy atom. The number of carbonyl (C=O) groups is 1. The molecule has 0 aliphatic heterocycles. The Morgan fingerprint density at radius 1 is 1.53 bits per heavy atom. The molecule has 0 fully saturated rings. The average Bonchev–Trinajstić information content (AvgIpc) is 2.02. The molecule has 2 unspecified atom stereocenters. The van der Waals surface area contributed by atoms with E-state index in [-0.39, 0.29) is 0 Å². The van der Waals surface area contributed by atoms with Crippen molar-refractivity contribution in [2.45, 2.75) is 38.9 Å². The normalized spacial score (nSPS) is 15.2. The van der Waals surface area contributed by atoms with Gasteiger partial charge < -0.3 is 5.32 Å². The van der Waals surface area contributed by atoms with Crippen molar-refractivity contribution in [2.24, 2.45) is 5.92 Å². The van der Waals surface area contributed by atoms with E-state index in [1.807, 2.05) is 0 Å². The number of hydrogen-bond acceptors (Lipinski definition) is 2. The van der Waals surface area contributed by atoms with E-state index in [2.05, 4.69) is 5.32 Å². The summed E-state index contributed by atoms with van der Waals surface area (Å²) in [6.45, 7) is 2.89. The maximum absolute atomic E-state index is 11.9. The van der Waals surface area contributed by atoms with Crippen LogP contribution in [0.2, 0.25) is 0 Å². The molecule has 0 saturated carbocycles. The maximum Gasteiger partial charge on any atom is 0.391 e. The van der Waals surface area contributed by atoms with Crippen molar-refractivity contribution in [3.05, 3.63) is 0 Å². The molecular formula is C9H13F3N2O. The van der Waals surface area contributed by atoms with Gasteiger partial charge >= 0.3 is 6.18 Å². The molecule has 0 saturated heterocycles. The lowest BCUT2D eigenvalue weighted by atomic mass is 10.1. The number of nitriles is 1. The smallest absolute Gasteiger partial charge is 0.352 e. The molecule has 0 bridgehead atoms. The molecule has 1 N–H and O–H groups in total. The van der Waals surface area contributed by atoms with Crippen LogP contribution in [0.5, 0.6) is 0 Å². The van der Waals surface area contributed by atoms with Crippen molar-refractivity contribution in [3.8, 4) is 6.07 Å². The van der Waals surface area contributed by atoms with Crippen LogP contribution in [0.15, 0.2) is 0 Å². The molecular weight excluding hydrogens is 209 g/mol. The second-order valence-electron chi connectivity index (χ2n) is 3.32. The van der Waals surface area contributed by atoms with Crippen LogP contribution in [-0.4, -0.2) is 18.1 Å². The van der Waals surface area contributed by atoms with Crippen molar-refractivity contribution in [2.75, 3.05) is 0 Å². The Kier molecular flexibility index (Phi) is 5.12. The molecule has 0 spiro atoms. The van der Waals surface area contributed by atoms with Gasteiger partial charge in [0.1, 0.15) is 5.92 Å². The molecule has 0 radical (unpaired) electrons. The molecule has 0 aromatic rings. The van der Waals surface area contributed by atoms with Crippen LogP contribution < -0.4 is 5.32 Å². The van der Waals surface area contributed by atoms with E-state index in [4.69, 9.17) is 5.26 Å². The zero-order valence-corrected chi connectivity index (χ0v) is 8.56. The fourth-order valence-electron chi connectivity index (χ4n) is 1.08. The summed E-state index contributed by atoms with van der Waals surface area (Å²) >= 11 is 0. The number of hydrogen-bond donors (Lipinski definition) is 1. The SMILES string of the molecule is CCC(C#N)C(=O)NC(C)CC(F)(F)F. The number of nitrogens with zero attached hydrogens (tertiary/aromatic N) is 1. The summed E-state index contributed by atoms with van der Waals surface area (Å²) in [4.78, 5) is 11.2. The first-order chi connectivity index (χ1) is 6.80. The summed E-state index contributed by atoms with van der Waals surface area (Å²) in [5, 5.41) is 10.7. The Balaban J connectivity index is 4.14. The van der Waals surface area contributed by atoms with Gasteiger partial charge in [0.2, 0.25) is 5.91 Å².